The number of phenols is 1. The van der Waals surface area contributed by atoms with E-state index in [1.807, 2.05) is 0 Å². The first-order valence-corrected chi connectivity index (χ1v) is 7.33. The van der Waals surface area contributed by atoms with E-state index in [-0.39, 0.29) is 10.6 Å². The van der Waals surface area contributed by atoms with Gasteiger partial charge < -0.3 is 9.84 Å². The summed E-state index contributed by atoms with van der Waals surface area (Å²) in [6.07, 6.45) is 2.98. The van der Waals surface area contributed by atoms with Crippen LogP contribution in [0.1, 0.15) is 0 Å². The average Bonchev–Trinajstić information content (AvgIpc) is 2.83. The van der Waals surface area contributed by atoms with Gasteiger partial charge >= 0.3 is 0 Å². The lowest BCUT2D eigenvalue weighted by molar-refractivity contribution is 0.183. The zero-order valence-corrected chi connectivity index (χ0v) is 11.7. The van der Waals surface area contributed by atoms with Crippen LogP contribution in [0.2, 0.25) is 0 Å². The van der Waals surface area contributed by atoms with E-state index < -0.39 is 10.0 Å². The van der Waals surface area contributed by atoms with Gasteiger partial charge in [0.1, 0.15) is 5.75 Å². The molecule has 0 bridgehead atoms. The number of ether oxygens (including phenoxy) is 1. The number of hydrogen-bond donors (Lipinski definition) is 2. The maximum absolute atomic E-state index is 12.1. The molecule has 0 aliphatic carbocycles. The molecule has 108 valence electrons. The predicted octanol–water partition coefficient (Wildman–Crippen LogP) is 1.04. The lowest BCUT2D eigenvalue weighted by atomic mass is 10.3. The number of hydrogen-bond acceptors (Lipinski definition) is 5. The first kappa shape index (κ1) is 14.4. The van der Waals surface area contributed by atoms with Crippen LogP contribution in [-0.2, 0) is 21.3 Å². The molecule has 1 aromatic carbocycles. The molecule has 1 heterocycles. The van der Waals surface area contributed by atoms with Crippen LogP contribution in [0.15, 0.2) is 41.6 Å². The number of methoxy groups -OCH3 is 1. The highest BCUT2D eigenvalue weighted by Gasteiger charge is 2.15. The number of benzene rings is 1. The monoisotopic (exact) mass is 297 g/mol. The smallest absolute Gasteiger partial charge is 0.262 e. The van der Waals surface area contributed by atoms with Crippen molar-refractivity contribution in [2.45, 2.75) is 11.4 Å². The molecule has 2 aromatic rings. The summed E-state index contributed by atoms with van der Waals surface area (Å²) in [4.78, 5) is -0.0119. The molecule has 0 aliphatic heterocycles. The summed E-state index contributed by atoms with van der Waals surface area (Å²) in [5.74, 6) is -0.108. The molecule has 0 aliphatic rings. The highest BCUT2D eigenvalue weighted by atomic mass is 32.2. The second kappa shape index (κ2) is 5.93. The minimum atomic E-state index is -3.74. The molecular formula is C12H15N3O4S. The summed E-state index contributed by atoms with van der Waals surface area (Å²) in [6, 6.07) is 5.45. The van der Waals surface area contributed by atoms with E-state index in [1.165, 1.54) is 30.5 Å². The van der Waals surface area contributed by atoms with Gasteiger partial charge in [-0.2, -0.15) is 5.10 Å². The Labute approximate surface area is 116 Å². The van der Waals surface area contributed by atoms with Crippen LogP contribution in [-0.4, -0.2) is 37.0 Å². The standard InChI is InChI=1S/C12H15N3O4S/c1-19-6-5-15-9-10(8-13-15)14-20(17,18)12-4-2-3-11(16)7-12/h2-4,7-9,14,16H,5-6H2,1H3. The van der Waals surface area contributed by atoms with Crippen molar-refractivity contribution in [1.29, 1.82) is 0 Å². The Kier molecular flexibility index (Phi) is 4.26. The largest absolute Gasteiger partial charge is 0.508 e. The summed E-state index contributed by atoms with van der Waals surface area (Å²) in [5.41, 5.74) is 0.351. The summed E-state index contributed by atoms with van der Waals surface area (Å²) < 4.78 is 33.1. The van der Waals surface area contributed by atoms with E-state index in [9.17, 15) is 13.5 Å². The molecule has 2 rings (SSSR count). The molecule has 0 spiro atoms. The fourth-order valence-corrected chi connectivity index (χ4v) is 2.66. The maximum atomic E-state index is 12.1. The van der Waals surface area contributed by atoms with Crippen molar-refractivity contribution in [3.8, 4) is 5.75 Å². The molecule has 0 radical (unpaired) electrons. The Hall–Kier alpha value is -2.06. The summed E-state index contributed by atoms with van der Waals surface area (Å²) in [6.45, 7) is 1.02. The van der Waals surface area contributed by atoms with Crippen molar-refractivity contribution in [2.24, 2.45) is 0 Å². The van der Waals surface area contributed by atoms with Crippen LogP contribution >= 0.6 is 0 Å². The maximum Gasteiger partial charge on any atom is 0.262 e. The van der Waals surface area contributed by atoms with Crippen molar-refractivity contribution in [3.05, 3.63) is 36.7 Å². The topological polar surface area (TPSA) is 93.5 Å². The number of anilines is 1. The van der Waals surface area contributed by atoms with Crippen molar-refractivity contribution in [1.82, 2.24) is 9.78 Å². The van der Waals surface area contributed by atoms with E-state index >= 15 is 0 Å². The van der Waals surface area contributed by atoms with Crippen LogP contribution < -0.4 is 4.72 Å². The lowest BCUT2D eigenvalue weighted by Gasteiger charge is -2.06. The molecule has 0 fully saturated rings. The Morgan fingerprint density at radius 2 is 2.25 bits per heavy atom. The molecular weight excluding hydrogens is 282 g/mol. The summed E-state index contributed by atoms with van der Waals surface area (Å²) in [7, 11) is -2.16. The second-order valence-electron chi connectivity index (χ2n) is 4.09. The SMILES string of the molecule is COCCn1cc(NS(=O)(=O)c2cccc(O)c2)cn1. The number of sulfonamides is 1. The van der Waals surface area contributed by atoms with Crippen LogP contribution in [0.5, 0.6) is 5.75 Å². The third kappa shape index (κ3) is 3.49. The zero-order valence-electron chi connectivity index (χ0n) is 10.9. The second-order valence-corrected chi connectivity index (χ2v) is 5.77. The quantitative estimate of drug-likeness (QED) is 0.831. The van der Waals surface area contributed by atoms with E-state index in [2.05, 4.69) is 9.82 Å². The molecule has 0 unspecified atom stereocenters. The Morgan fingerprint density at radius 3 is 2.95 bits per heavy atom. The Morgan fingerprint density at radius 1 is 1.45 bits per heavy atom. The third-order valence-corrected chi connectivity index (χ3v) is 3.92. The molecule has 0 amide bonds. The molecule has 1 aromatic heterocycles. The van der Waals surface area contributed by atoms with Crippen molar-refractivity contribution < 1.29 is 18.3 Å². The average molecular weight is 297 g/mol. The first-order chi connectivity index (χ1) is 9.51. The Bertz CT molecular complexity index is 682. The fraction of sp³-hybridized carbons (Fsp3) is 0.250. The molecule has 2 N–H and O–H groups in total. The van der Waals surface area contributed by atoms with Crippen molar-refractivity contribution in [3.63, 3.8) is 0 Å². The normalized spacial score (nSPS) is 11.4. The van der Waals surface area contributed by atoms with Gasteiger partial charge in [0.05, 0.1) is 29.9 Å². The zero-order chi connectivity index (χ0) is 14.6. The lowest BCUT2D eigenvalue weighted by Crippen LogP contribution is -2.12. The van der Waals surface area contributed by atoms with Gasteiger partial charge in [0.25, 0.3) is 10.0 Å². The minimum absolute atomic E-state index is 0.0119. The van der Waals surface area contributed by atoms with Crippen molar-refractivity contribution >= 4 is 15.7 Å². The molecule has 8 heteroatoms. The van der Waals surface area contributed by atoms with Gasteiger partial charge in [0.2, 0.25) is 0 Å². The highest BCUT2D eigenvalue weighted by Crippen LogP contribution is 2.19. The van der Waals surface area contributed by atoms with Crippen LogP contribution in [0.4, 0.5) is 5.69 Å². The number of aromatic hydroxyl groups is 1. The number of nitrogens with zero attached hydrogens (tertiary/aromatic N) is 2. The number of aromatic nitrogens is 2. The highest BCUT2D eigenvalue weighted by molar-refractivity contribution is 7.92. The fourth-order valence-electron chi connectivity index (χ4n) is 1.59. The minimum Gasteiger partial charge on any atom is -0.508 e. The first-order valence-electron chi connectivity index (χ1n) is 5.84. The van der Waals surface area contributed by atoms with E-state index in [1.54, 1.807) is 18.0 Å². The van der Waals surface area contributed by atoms with E-state index in [0.29, 0.717) is 18.8 Å². The Balaban J connectivity index is 2.14. The molecule has 7 nitrogen and oxygen atoms in total. The van der Waals surface area contributed by atoms with E-state index in [4.69, 9.17) is 4.74 Å². The van der Waals surface area contributed by atoms with Crippen LogP contribution in [0.3, 0.4) is 0 Å². The van der Waals surface area contributed by atoms with Crippen LogP contribution in [0, 0.1) is 0 Å². The number of phenolic OH excluding ortho intramolecular Hbond substituents is 1. The summed E-state index contributed by atoms with van der Waals surface area (Å²) in [5, 5.41) is 13.3. The van der Waals surface area contributed by atoms with Gasteiger partial charge in [-0.05, 0) is 12.1 Å². The summed E-state index contributed by atoms with van der Waals surface area (Å²) >= 11 is 0. The van der Waals surface area contributed by atoms with Gasteiger partial charge in [0, 0.05) is 19.4 Å². The van der Waals surface area contributed by atoms with E-state index in [0.717, 1.165) is 0 Å². The number of nitrogens with one attached hydrogen (secondary N) is 1. The van der Waals surface area contributed by atoms with Gasteiger partial charge in [-0.1, -0.05) is 6.07 Å². The van der Waals surface area contributed by atoms with Gasteiger partial charge in [-0.25, -0.2) is 8.42 Å². The van der Waals surface area contributed by atoms with Crippen molar-refractivity contribution in [2.75, 3.05) is 18.4 Å². The van der Waals surface area contributed by atoms with Crippen LogP contribution in [0.25, 0.3) is 0 Å². The van der Waals surface area contributed by atoms with Gasteiger partial charge in [0.15, 0.2) is 0 Å². The third-order valence-electron chi connectivity index (χ3n) is 2.54. The predicted molar refractivity (Wildman–Crippen MR) is 73.0 cm³/mol. The van der Waals surface area contributed by atoms with Gasteiger partial charge in [-0.15, -0.1) is 0 Å². The van der Waals surface area contributed by atoms with Gasteiger partial charge in [-0.3, -0.25) is 9.40 Å². The molecule has 0 saturated heterocycles. The molecule has 0 atom stereocenters. The molecule has 20 heavy (non-hydrogen) atoms. The number of rotatable bonds is 6. The molecule has 0 saturated carbocycles.